The van der Waals surface area contributed by atoms with E-state index >= 15 is 0 Å². The standard InChI is InChI=1S/C34H38Cl2N4/c1-22-14-28(15-23(2)33(22)35)31-18-26(6-10-37-31)20-39(5)30-8-12-40(13-9-30)21-27-7-11-38-32(19-27)29-16-24(3)34(36)25(4)17-29/h6-7,10-11,14-19,30H,8-9,12-13,20-21H2,1-5H3. The summed E-state index contributed by atoms with van der Waals surface area (Å²) in [7, 11) is 2.25. The quantitative estimate of drug-likeness (QED) is 0.222. The molecule has 6 heteroatoms. The maximum Gasteiger partial charge on any atom is 0.0705 e. The smallest absolute Gasteiger partial charge is 0.0705 e. The Hall–Kier alpha value is -2.76. The van der Waals surface area contributed by atoms with Crippen LogP contribution in [0.15, 0.2) is 60.9 Å². The highest BCUT2D eigenvalue weighted by atomic mass is 35.5. The summed E-state index contributed by atoms with van der Waals surface area (Å²) >= 11 is 12.8. The van der Waals surface area contributed by atoms with Crippen LogP contribution >= 0.6 is 23.2 Å². The molecule has 0 amide bonds. The molecule has 0 unspecified atom stereocenters. The van der Waals surface area contributed by atoms with Gasteiger partial charge in [-0.25, -0.2) is 0 Å². The van der Waals surface area contributed by atoms with Crippen LogP contribution in [0.25, 0.3) is 22.5 Å². The largest absolute Gasteiger partial charge is 0.299 e. The Balaban J connectivity index is 1.18. The van der Waals surface area contributed by atoms with Crippen LogP contribution in [0.4, 0.5) is 0 Å². The van der Waals surface area contributed by atoms with Crippen LogP contribution in [0.2, 0.25) is 10.0 Å². The summed E-state index contributed by atoms with van der Waals surface area (Å²) < 4.78 is 0. The number of benzene rings is 2. The molecule has 1 aliphatic rings. The molecule has 0 atom stereocenters. The first-order valence-corrected chi connectivity index (χ1v) is 14.8. The van der Waals surface area contributed by atoms with Gasteiger partial charge in [0.1, 0.15) is 0 Å². The maximum atomic E-state index is 6.39. The van der Waals surface area contributed by atoms with E-state index in [-0.39, 0.29) is 0 Å². The Labute approximate surface area is 249 Å². The molecule has 0 bridgehead atoms. The zero-order chi connectivity index (χ0) is 28.4. The summed E-state index contributed by atoms with van der Waals surface area (Å²) in [4.78, 5) is 14.4. The first-order chi connectivity index (χ1) is 19.2. The zero-order valence-corrected chi connectivity index (χ0v) is 25.7. The normalized spacial score (nSPS) is 14.7. The zero-order valence-electron chi connectivity index (χ0n) is 24.1. The van der Waals surface area contributed by atoms with Gasteiger partial charge in [-0.05, 0) is 143 Å². The molecule has 0 spiro atoms. The fraction of sp³-hybridized carbons (Fsp3) is 0.353. The minimum atomic E-state index is 0.570. The first-order valence-electron chi connectivity index (χ1n) is 14.0. The lowest BCUT2D eigenvalue weighted by Gasteiger charge is -2.37. The summed E-state index contributed by atoms with van der Waals surface area (Å²) in [6.45, 7) is 12.3. The molecule has 0 N–H and O–H groups in total. The number of nitrogens with zero attached hydrogens (tertiary/aromatic N) is 4. The molecule has 208 valence electrons. The average Bonchev–Trinajstić information content (AvgIpc) is 2.94. The van der Waals surface area contributed by atoms with E-state index in [4.69, 9.17) is 23.2 Å². The van der Waals surface area contributed by atoms with Crippen LogP contribution < -0.4 is 0 Å². The Morgan fingerprint density at radius 1 is 0.725 bits per heavy atom. The molecule has 0 saturated carbocycles. The summed E-state index contributed by atoms with van der Waals surface area (Å²) in [5.41, 5.74) is 11.2. The van der Waals surface area contributed by atoms with Gasteiger partial charge in [0.2, 0.25) is 0 Å². The second kappa shape index (κ2) is 12.4. The molecule has 5 rings (SSSR count). The summed E-state index contributed by atoms with van der Waals surface area (Å²) in [6, 6.07) is 17.8. The van der Waals surface area contributed by atoms with E-state index in [1.54, 1.807) is 0 Å². The highest BCUT2D eigenvalue weighted by Crippen LogP contribution is 2.29. The predicted molar refractivity (Wildman–Crippen MR) is 168 cm³/mol. The summed E-state index contributed by atoms with van der Waals surface area (Å²) in [6.07, 6.45) is 6.19. The van der Waals surface area contributed by atoms with E-state index in [9.17, 15) is 0 Å². The van der Waals surface area contributed by atoms with E-state index in [0.29, 0.717) is 6.04 Å². The molecule has 2 aromatic heterocycles. The van der Waals surface area contributed by atoms with Gasteiger partial charge in [-0.15, -0.1) is 0 Å². The maximum absolute atomic E-state index is 6.39. The number of hydrogen-bond acceptors (Lipinski definition) is 4. The molecular formula is C34H38Cl2N4. The van der Waals surface area contributed by atoms with Crippen LogP contribution in [-0.2, 0) is 13.1 Å². The van der Waals surface area contributed by atoms with Gasteiger partial charge in [0, 0.05) is 52.7 Å². The SMILES string of the molecule is Cc1cc(-c2cc(CN3CCC(N(C)Cc4ccnc(-c5cc(C)c(Cl)c(C)c5)c4)CC3)ccn2)cc(C)c1Cl. The number of rotatable bonds is 7. The highest BCUT2D eigenvalue weighted by Gasteiger charge is 2.23. The lowest BCUT2D eigenvalue weighted by Crippen LogP contribution is -2.42. The van der Waals surface area contributed by atoms with Crippen molar-refractivity contribution in [2.45, 2.75) is 59.7 Å². The molecule has 40 heavy (non-hydrogen) atoms. The molecule has 4 nitrogen and oxygen atoms in total. The number of aryl methyl sites for hydroxylation is 4. The van der Waals surface area contributed by atoms with Gasteiger partial charge >= 0.3 is 0 Å². The average molecular weight is 574 g/mol. The van der Waals surface area contributed by atoms with Crippen molar-refractivity contribution < 1.29 is 0 Å². The number of halogens is 2. The van der Waals surface area contributed by atoms with Crippen molar-refractivity contribution in [2.24, 2.45) is 0 Å². The van der Waals surface area contributed by atoms with E-state index in [2.05, 4.69) is 103 Å². The van der Waals surface area contributed by atoms with Crippen molar-refractivity contribution in [2.75, 3.05) is 20.1 Å². The molecule has 0 radical (unpaired) electrons. The molecule has 1 aliphatic heterocycles. The molecule has 1 saturated heterocycles. The fourth-order valence-corrected chi connectivity index (χ4v) is 6.06. The van der Waals surface area contributed by atoms with Gasteiger partial charge in [-0.2, -0.15) is 0 Å². The Morgan fingerprint density at radius 2 is 1.18 bits per heavy atom. The van der Waals surface area contributed by atoms with Gasteiger partial charge in [0.05, 0.1) is 11.4 Å². The van der Waals surface area contributed by atoms with Crippen molar-refractivity contribution >= 4 is 23.2 Å². The first kappa shape index (κ1) is 28.8. The second-order valence-electron chi connectivity index (χ2n) is 11.4. The van der Waals surface area contributed by atoms with Gasteiger partial charge in [0.15, 0.2) is 0 Å². The minimum absolute atomic E-state index is 0.570. The van der Waals surface area contributed by atoms with Gasteiger partial charge in [-0.3, -0.25) is 19.8 Å². The lowest BCUT2D eigenvalue weighted by atomic mass is 10.0. The third-order valence-corrected chi connectivity index (χ3v) is 9.32. The topological polar surface area (TPSA) is 32.3 Å². The Bertz CT molecular complexity index is 1460. The molecule has 0 aliphatic carbocycles. The van der Waals surface area contributed by atoms with Gasteiger partial charge < -0.3 is 0 Å². The van der Waals surface area contributed by atoms with E-state index in [0.717, 1.165) is 93.8 Å². The molecule has 1 fully saturated rings. The Kier molecular flexibility index (Phi) is 8.92. The van der Waals surface area contributed by atoms with E-state index in [1.165, 1.54) is 11.1 Å². The predicted octanol–water partition coefficient (Wildman–Crippen LogP) is 8.45. The van der Waals surface area contributed by atoms with Crippen LogP contribution in [0, 0.1) is 27.7 Å². The van der Waals surface area contributed by atoms with Crippen molar-refractivity contribution in [1.29, 1.82) is 0 Å². The molecule has 4 aromatic rings. The van der Waals surface area contributed by atoms with Crippen LogP contribution in [0.3, 0.4) is 0 Å². The second-order valence-corrected chi connectivity index (χ2v) is 12.1. The van der Waals surface area contributed by atoms with Crippen LogP contribution in [0.5, 0.6) is 0 Å². The number of piperidine rings is 1. The summed E-state index contributed by atoms with van der Waals surface area (Å²) in [5, 5.41) is 1.67. The summed E-state index contributed by atoms with van der Waals surface area (Å²) in [5.74, 6) is 0. The third kappa shape index (κ3) is 6.58. The van der Waals surface area contributed by atoms with Crippen LogP contribution in [0.1, 0.15) is 46.2 Å². The Morgan fingerprint density at radius 3 is 1.68 bits per heavy atom. The number of likely N-dealkylation sites (tertiary alicyclic amines) is 1. The number of pyridine rings is 2. The highest BCUT2D eigenvalue weighted by molar-refractivity contribution is 6.32. The molecule has 2 aromatic carbocycles. The van der Waals surface area contributed by atoms with E-state index in [1.807, 2.05) is 12.4 Å². The minimum Gasteiger partial charge on any atom is -0.299 e. The number of aromatic nitrogens is 2. The van der Waals surface area contributed by atoms with Crippen molar-refractivity contribution in [3.63, 3.8) is 0 Å². The third-order valence-electron chi connectivity index (χ3n) is 8.13. The number of hydrogen-bond donors (Lipinski definition) is 0. The fourth-order valence-electron chi connectivity index (χ4n) is 5.84. The molecule has 3 heterocycles. The molecular weight excluding hydrogens is 535 g/mol. The monoisotopic (exact) mass is 572 g/mol. The van der Waals surface area contributed by atoms with Gasteiger partial charge in [-0.1, -0.05) is 23.2 Å². The van der Waals surface area contributed by atoms with Crippen molar-refractivity contribution in [3.05, 3.63) is 104 Å². The van der Waals surface area contributed by atoms with Gasteiger partial charge in [0.25, 0.3) is 0 Å². The van der Waals surface area contributed by atoms with Crippen molar-refractivity contribution in [3.8, 4) is 22.5 Å². The van der Waals surface area contributed by atoms with E-state index < -0.39 is 0 Å². The van der Waals surface area contributed by atoms with Crippen molar-refractivity contribution in [1.82, 2.24) is 19.8 Å². The lowest BCUT2D eigenvalue weighted by molar-refractivity contribution is 0.119. The van der Waals surface area contributed by atoms with Crippen LogP contribution in [-0.4, -0.2) is 45.9 Å².